The number of nitrogens with one attached hydrogen (secondary N) is 1. The lowest BCUT2D eigenvalue weighted by Gasteiger charge is -2.13. The summed E-state index contributed by atoms with van der Waals surface area (Å²) in [6, 6.07) is 5.63. The van der Waals surface area contributed by atoms with Crippen molar-refractivity contribution in [3.8, 4) is 0 Å². The molecule has 1 saturated carbocycles. The van der Waals surface area contributed by atoms with E-state index in [9.17, 15) is 4.79 Å². The predicted octanol–water partition coefficient (Wildman–Crippen LogP) is 3.59. The molecule has 0 aliphatic heterocycles. The van der Waals surface area contributed by atoms with E-state index in [1.807, 2.05) is 0 Å². The minimum Gasteiger partial charge on any atom is -0.353 e. The van der Waals surface area contributed by atoms with Crippen molar-refractivity contribution < 1.29 is 4.79 Å². The number of benzene rings is 1. The number of hydrogen-bond acceptors (Lipinski definition) is 1. The summed E-state index contributed by atoms with van der Waals surface area (Å²) in [6.07, 6.45) is 4.84. The molecule has 0 atom stereocenters. The van der Waals surface area contributed by atoms with E-state index in [2.05, 4.69) is 5.32 Å². The van der Waals surface area contributed by atoms with Gasteiger partial charge in [-0.05, 0) is 30.5 Å². The van der Waals surface area contributed by atoms with Crippen LogP contribution in [0, 0.1) is 0 Å². The monoisotopic (exact) mass is 271 g/mol. The summed E-state index contributed by atoms with van der Waals surface area (Å²) in [5.74, 6) is 0.00639. The first-order valence-corrected chi connectivity index (χ1v) is 6.64. The Bertz CT molecular complexity index is 394. The standard InChI is InChI=1S/C13H15Cl2NO/c14-11-6-3-7-12(15)10(11)8-13(17)16-9-4-1-2-5-9/h3,6-7,9H,1-2,4-5,8H2,(H,16,17). The van der Waals surface area contributed by atoms with E-state index in [1.54, 1.807) is 18.2 Å². The molecule has 0 unspecified atom stereocenters. The SMILES string of the molecule is O=C(Cc1c(Cl)cccc1Cl)NC1CCCC1. The second-order valence-electron chi connectivity index (χ2n) is 4.43. The van der Waals surface area contributed by atoms with Gasteiger partial charge in [0.05, 0.1) is 6.42 Å². The fraction of sp³-hybridized carbons (Fsp3) is 0.462. The van der Waals surface area contributed by atoms with Gasteiger partial charge in [0.25, 0.3) is 0 Å². The third-order valence-corrected chi connectivity index (χ3v) is 3.83. The number of rotatable bonds is 3. The number of halogens is 2. The van der Waals surface area contributed by atoms with Crippen molar-refractivity contribution in [2.45, 2.75) is 38.1 Å². The molecular formula is C13H15Cl2NO. The van der Waals surface area contributed by atoms with Gasteiger partial charge in [-0.1, -0.05) is 42.1 Å². The van der Waals surface area contributed by atoms with Crippen molar-refractivity contribution in [1.29, 1.82) is 0 Å². The molecule has 1 aliphatic rings. The summed E-state index contributed by atoms with van der Waals surface area (Å²) < 4.78 is 0. The molecule has 0 heterocycles. The van der Waals surface area contributed by atoms with Crippen molar-refractivity contribution in [3.63, 3.8) is 0 Å². The Morgan fingerprint density at radius 1 is 1.24 bits per heavy atom. The van der Waals surface area contributed by atoms with Gasteiger partial charge in [-0.3, -0.25) is 4.79 Å². The highest BCUT2D eigenvalue weighted by Crippen LogP contribution is 2.25. The Morgan fingerprint density at radius 2 is 1.82 bits per heavy atom. The first-order chi connectivity index (χ1) is 8.16. The maximum absolute atomic E-state index is 11.8. The maximum atomic E-state index is 11.8. The molecule has 0 aromatic heterocycles. The van der Waals surface area contributed by atoms with Gasteiger partial charge in [-0.15, -0.1) is 0 Å². The molecule has 1 N–H and O–H groups in total. The summed E-state index contributed by atoms with van der Waals surface area (Å²) in [6.45, 7) is 0. The zero-order valence-corrected chi connectivity index (χ0v) is 11.0. The van der Waals surface area contributed by atoms with Crippen molar-refractivity contribution in [2.24, 2.45) is 0 Å². The Balaban J connectivity index is 1.97. The lowest BCUT2D eigenvalue weighted by molar-refractivity contribution is -0.121. The third-order valence-electron chi connectivity index (χ3n) is 3.12. The van der Waals surface area contributed by atoms with Gasteiger partial charge in [0.15, 0.2) is 0 Å². The van der Waals surface area contributed by atoms with Crippen LogP contribution in [0.4, 0.5) is 0 Å². The Morgan fingerprint density at radius 3 is 2.41 bits per heavy atom. The van der Waals surface area contributed by atoms with Crippen LogP contribution in [-0.2, 0) is 11.2 Å². The van der Waals surface area contributed by atoms with Gasteiger partial charge < -0.3 is 5.32 Å². The molecule has 1 amide bonds. The van der Waals surface area contributed by atoms with E-state index >= 15 is 0 Å². The molecule has 0 bridgehead atoms. The number of hydrogen-bond donors (Lipinski definition) is 1. The van der Waals surface area contributed by atoms with Gasteiger partial charge in [-0.25, -0.2) is 0 Å². The highest BCUT2D eigenvalue weighted by atomic mass is 35.5. The molecule has 1 aromatic carbocycles. The molecule has 1 aliphatic carbocycles. The van der Waals surface area contributed by atoms with Gasteiger partial charge in [-0.2, -0.15) is 0 Å². The fourth-order valence-electron chi connectivity index (χ4n) is 2.21. The van der Waals surface area contributed by atoms with Crippen LogP contribution in [0.3, 0.4) is 0 Å². The highest BCUT2D eigenvalue weighted by molar-refractivity contribution is 6.36. The first kappa shape index (κ1) is 12.7. The zero-order chi connectivity index (χ0) is 12.3. The second-order valence-corrected chi connectivity index (χ2v) is 5.24. The normalized spacial score (nSPS) is 16.1. The minimum atomic E-state index is 0.00639. The second kappa shape index (κ2) is 5.74. The van der Waals surface area contributed by atoms with E-state index in [-0.39, 0.29) is 12.3 Å². The molecule has 4 heteroatoms. The van der Waals surface area contributed by atoms with E-state index in [4.69, 9.17) is 23.2 Å². The fourth-order valence-corrected chi connectivity index (χ4v) is 2.74. The summed E-state index contributed by atoms with van der Waals surface area (Å²) in [5.41, 5.74) is 0.714. The van der Waals surface area contributed by atoms with Crippen LogP contribution < -0.4 is 5.32 Å². The Kier molecular flexibility index (Phi) is 4.30. The van der Waals surface area contributed by atoms with Gasteiger partial charge in [0.2, 0.25) is 5.91 Å². The van der Waals surface area contributed by atoms with Crippen molar-refractivity contribution in [2.75, 3.05) is 0 Å². The summed E-state index contributed by atoms with van der Waals surface area (Å²) in [7, 11) is 0. The van der Waals surface area contributed by atoms with E-state index in [1.165, 1.54) is 12.8 Å². The maximum Gasteiger partial charge on any atom is 0.224 e. The quantitative estimate of drug-likeness (QED) is 0.895. The van der Waals surface area contributed by atoms with Crippen LogP contribution in [0.5, 0.6) is 0 Å². The lowest BCUT2D eigenvalue weighted by Crippen LogP contribution is -2.33. The van der Waals surface area contributed by atoms with Crippen LogP contribution in [0.25, 0.3) is 0 Å². The highest BCUT2D eigenvalue weighted by Gasteiger charge is 2.18. The number of amides is 1. The largest absolute Gasteiger partial charge is 0.353 e. The summed E-state index contributed by atoms with van der Waals surface area (Å²) >= 11 is 12.1. The zero-order valence-electron chi connectivity index (χ0n) is 9.51. The molecular weight excluding hydrogens is 257 g/mol. The average Bonchev–Trinajstić information content (AvgIpc) is 2.76. The average molecular weight is 272 g/mol. The molecule has 1 aromatic rings. The van der Waals surface area contributed by atoms with E-state index in [0.29, 0.717) is 21.7 Å². The Labute approximate surface area is 111 Å². The lowest BCUT2D eigenvalue weighted by atomic mass is 10.1. The minimum absolute atomic E-state index is 0.00639. The summed E-state index contributed by atoms with van der Waals surface area (Å²) in [4.78, 5) is 11.8. The number of carbonyl (C=O) groups excluding carboxylic acids is 1. The van der Waals surface area contributed by atoms with Gasteiger partial charge >= 0.3 is 0 Å². The van der Waals surface area contributed by atoms with E-state index < -0.39 is 0 Å². The number of carbonyl (C=O) groups is 1. The Hall–Kier alpha value is -0.730. The summed E-state index contributed by atoms with van der Waals surface area (Å²) in [5, 5.41) is 4.13. The third kappa shape index (κ3) is 3.36. The predicted molar refractivity (Wildman–Crippen MR) is 70.6 cm³/mol. The molecule has 1 fully saturated rings. The molecule has 0 saturated heterocycles. The van der Waals surface area contributed by atoms with Crippen LogP contribution in [0.2, 0.25) is 10.0 Å². The van der Waals surface area contributed by atoms with Crippen LogP contribution in [0.1, 0.15) is 31.2 Å². The van der Waals surface area contributed by atoms with Crippen LogP contribution in [-0.4, -0.2) is 11.9 Å². The molecule has 17 heavy (non-hydrogen) atoms. The van der Waals surface area contributed by atoms with Gasteiger partial charge in [0.1, 0.15) is 0 Å². The van der Waals surface area contributed by atoms with Crippen LogP contribution in [0.15, 0.2) is 18.2 Å². The van der Waals surface area contributed by atoms with Gasteiger partial charge in [0, 0.05) is 16.1 Å². The van der Waals surface area contributed by atoms with Crippen molar-refractivity contribution >= 4 is 29.1 Å². The topological polar surface area (TPSA) is 29.1 Å². The van der Waals surface area contributed by atoms with E-state index in [0.717, 1.165) is 12.8 Å². The first-order valence-electron chi connectivity index (χ1n) is 5.89. The molecule has 0 spiro atoms. The molecule has 2 nitrogen and oxygen atoms in total. The molecule has 2 rings (SSSR count). The molecule has 92 valence electrons. The van der Waals surface area contributed by atoms with Crippen molar-refractivity contribution in [1.82, 2.24) is 5.32 Å². The molecule has 0 radical (unpaired) electrons. The smallest absolute Gasteiger partial charge is 0.224 e. The van der Waals surface area contributed by atoms with Crippen LogP contribution >= 0.6 is 23.2 Å². The van der Waals surface area contributed by atoms with Crippen molar-refractivity contribution in [3.05, 3.63) is 33.8 Å².